The number of unbranched alkanes of at least 4 members (excludes halogenated alkanes) is 43. The molecule has 0 aromatic heterocycles. The minimum atomic E-state index is -1.61. The second kappa shape index (κ2) is 59.2. The average Bonchev–Trinajstić information content (AvgIpc) is 3.44. The predicted octanol–water partition coefficient (Wildman–Crippen LogP) is 17.8. The summed E-state index contributed by atoms with van der Waals surface area (Å²) in [5.41, 5.74) is 0. The van der Waals surface area contributed by atoms with Crippen LogP contribution in [0, 0.1) is 0 Å². The first-order valence-corrected chi connectivity index (χ1v) is 35.3. The standard InChI is InChI=1S/C71H133NO10/c1-4-7-10-13-16-19-22-25-27-29-31-33-35-37-39-41-44-47-50-53-56-59-66(76)82-69-68(78)67(77)65(60-73)81-71(69)80-61-62(63(74)57-54-51-48-45-42-24-21-18-15-12-9-6-3)72-70(79)64(75)58-55-52-49-46-43-40-38-36-34-32-30-28-26-23-20-17-14-11-8-5-2/h25-28,54,57,62-65,67-69,71,73-75,77-78H,4-24,29-53,55-56,58-61H2,1-3H3,(H,72,79)/b27-25+,28-26+,57-54+. The zero-order valence-electron chi connectivity index (χ0n) is 53.6. The van der Waals surface area contributed by atoms with Gasteiger partial charge in [0.25, 0.3) is 0 Å². The minimum Gasteiger partial charge on any atom is -0.454 e. The molecule has 1 rings (SSSR count). The molecule has 11 nitrogen and oxygen atoms in total. The van der Waals surface area contributed by atoms with Gasteiger partial charge in [-0.2, -0.15) is 0 Å². The maximum absolute atomic E-state index is 13.5. The lowest BCUT2D eigenvalue weighted by Crippen LogP contribution is -2.61. The Morgan fingerprint density at radius 1 is 0.463 bits per heavy atom. The third-order valence-corrected chi connectivity index (χ3v) is 16.8. The molecule has 8 unspecified atom stereocenters. The summed E-state index contributed by atoms with van der Waals surface area (Å²) in [7, 11) is 0. The van der Waals surface area contributed by atoms with E-state index in [0.29, 0.717) is 19.3 Å². The van der Waals surface area contributed by atoms with E-state index in [2.05, 4.69) is 50.4 Å². The third-order valence-electron chi connectivity index (χ3n) is 16.8. The number of carbonyl (C=O) groups excluding carboxylic acids is 2. The number of aliphatic hydroxyl groups excluding tert-OH is 5. The smallest absolute Gasteiger partial charge is 0.306 e. The van der Waals surface area contributed by atoms with Crippen molar-refractivity contribution in [3.8, 4) is 0 Å². The SMILES string of the molecule is CCCCCCCC/C=C/CCCCCCCCCCCCCC(=O)OC1C(OCC(NC(=O)C(O)CCCCCCCCCCCC/C=C/CCCCCCCC)C(O)/C=C/CCCCCCCCCCCC)OC(CO)C(O)C1O. The number of hydrogen-bond acceptors (Lipinski definition) is 10. The van der Waals surface area contributed by atoms with Crippen molar-refractivity contribution >= 4 is 11.9 Å². The molecule has 0 aliphatic carbocycles. The first-order chi connectivity index (χ1) is 40.2. The van der Waals surface area contributed by atoms with Crippen LogP contribution in [0.4, 0.5) is 0 Å². The zero-order chi connectivity index (χ0) is 59.6. The monoisotopic (exact) mass is 1160 g/mol. The second-order valence-electron chi connectivity index (χ2n) is 24.6. The van der Waals surface area contributed by atoms with Crippen LogP contribution in [0.2, 0.25) is 0 Å². The maximum Gasteiger partial charge on any atom is 0.306 e. The van der Waals surface area contributed by atoms with E-state index in [1.54, 1.807) is 6.08 Å². The molecule has 1 aliphatic rings. The Morgan fingerprint density at radius 3 is 1.18 bits per heavy atom. The Hall–Kier alpha value is -2.12. The molecule has 1 heterocycles. The van der Waals surface area contributed by atoms with Gasteiger partial charge in [0.05, 0.1) is 25.4 Å². The lowest BCUT2D eigenvalue weighted by atomic mass is 9.99. The molecule has 0 radical (unpaired) electrons. The van der Waals surface area contributed by atoms with Gasteiger partial charge in [0, 0.05) is 6.42 Å². The second-order valence-corrected chi connectivity index (χ2v) is 24.6. The normalized spacial score (nSPS) is 18.8. The summed E-state index contributed by atoms with van der Waals surface area (Å²) in [6.07, 6.45) is 61.8. The molecular formula is C71H133NO10. The van der Waals surface area contributed by atoms with E-state index >= 15 is 0 Å². The number of rotatable bonds is 61. The predicted molar refractivity (Wildman–Crippen MR) is 343 cm³/mol. The summed E-state index contributed by atoms with van der Waals surface area (Å²) >= 11 is 0. The van der Waals surface area contributed by atoms with Crippen LogP contribution < -0.4 is 5.32 Å². The molecule has 11 heteroatoms. The van der Waals surface area contributed by atoms with Crippen molar-refractivity contribution in [1.29, 1.82) is 0 Å². The van der Waals surface area contributed by atoms with Gasteiger partial charge < -0.3 is 45.1 Å². The van der Waals surface area contributed by atoms with Crippen molar-refractivity contribution < 1.29 is 49.3 Å². The molecule has 1 fully saturated rings. The summed E-state index contributed by atoms with van der Waals surface area (Å²) in [6, 6.07) is -1.02. The summed E-state index contributed by atoms with van der Waals surface area (Å²) in [5, 5.41) is 57.2. The van der Waals surface area contributed by atoms with Gasteiger partial charge in [-0.15, -0.1) is 0 Å². The van der Waals surface area contributed by atoms with E-state index in [9.17, 15) is 35.1 Å². The lowest BCUT2D eigenvalue weighted by Gasteiger charge is -2.41. The number of hydrogen-bond donors (Lipinski definition) is 6. The first-order valence-electron chi connectivity index (χ1n) is 35.3. The van der Waals surface area contributed by atoms with E-state index in [1.165, 1.54) is 238 Å². The van der Waals surface area contributed by atoms with Crippen molar-refractivity contribution in [2.75, 3.05) is 13.2 Å². The van der Waals surface area contributed by atoms with Gasteiger partial charge in [-0.3, -0.25) is 9.59 Å². The molecular weight excluding hydrogens is 1030 g/mol. The number of nitrogens with one attached hydrogen (secondary N) is 1. The Balaban J connectivity index is 2.58. The van der Waals surface area contributed by atoms with Crippen LogP contribution in [0.5, 0.6) is 0 Å². The number of allylic oxidation sites excluding steroid dienone is 5. The zero-order valence-corrected chi connectivity index (χ0v) is 53.6. The number of ether oxygens (including phenoxy) is 3. The fourth-order valence-corrected chi connectivity index (χ4v) is 11.2. The highest BCUT2D eigenvalue weighted by Gasteiger charge is 2.47. The van der Waals surface area contributed by atoms with E-state index in [4.69, 9.17) is 14.2 Å². The van der Waals surface area contributed by atoms with E-state index in [-0.39, 0.29) is 13.0 Å². The quantitative estimate of drug-likeness (QED) is 0.0195. The third kappa shape index (κ3) is 46.1. The topological polar surface area (TPSA) is 175 Å². The molecule has 482 valence electrons. The molecule has 0 aromatic rings. The van der Waals surface area contributed by atoms with Crippen LogP contribution >= 0.6 is 0 Å². The minimum absolute atomic E-state index is 0.126. The summed E-state index contributed by atoms with van der Waals surface area (Å²) < 4.78 is 17.7. The number of carbonyl (C=O) groups is 2. The fourth-order valence-electron chi connectivity index (χ4n) is 11.2. The molecule has 1 saturated heterocycles. The molecule has 1 amide bonds. The molecule has 6 N–H and O–H groups in total. The fraction of sp³-hybridized carbons (Fsp3) is 0.887. The van der Waals surface area contributed by atoms with E-state index in [0.717, 1.165) is 57.8 Å². The van der Waals surface area contributed by atoms with Gasteiger partial charge in [0.15, 0.2) is 12.4 Å². The van der Waals surface area contributed by atoms with Crippen molar-refractivity contribution in [1.82, 2.24) is 5.32 Å². The van der Waals surface area contributed by atoms with Crippen LogP contribution in [0.15, 0.2) is 36.5 Å². The average molecular weight is 1160 g/mol. The Kier molecular flexibility index (Phi) is 56.3. The Labute approximate surface area is 504 Å². The largest absolute Gasteiger partial charge is 0.454 e. The molecule has 0 aromatic carbocycles. The highest BCUT2D eigenvalue weighted by atomic mass is 16.7. The Morgan fingerprint density at radius 2 is 0.805 bits per heavy atom. The van der Waals surface area contributed by atoms with Gasteiger partial charge in [0.2, 0.25) is 5.91 Å². The number of esters is 1. The van der Waals surface area contributed by atoms with Crippen LogP contribution in [0.3, 0.4) is 0 Å². The van der Waals surface area contributed by atoms with Crippen LogP contribution in [-0.4, -0.2) is 99.6 Å². The number of aliphatic hydroxyl groups is 5. The number of amides is 1. The van der Waals surface area contributed by atoms with Crippen molar-refractivity contribution in [3.05, 3.63) is 36.5 Å². The highest BCUT2D eigenvalue weighted by Crippen LogP contribution is 2.26. The van der Waals surface area contributed by atoms with Crippen LogP contribution in [0.25, 0.3) is 0 Å². The van der Waals surface area contributed by atoms with Gasteiger partial charge in [0.1, 0.15) is 24.4 Å². The first kappa shape index (κ1) is 77.9. The van der Waals surface area contributed by atoms with Gasteiger partial charge in [-0.25, -0.2) is 0 Å². The van der Waals surface area contributed by atoms with Crippen molar-refractivity contribution in [2.24, 2.45) is 0 Å². The molecule has 0 bridgehead atoms. The van der Waals surface area contributed by atoms with Crippen LogP contribution in [-0.2, 0) is 23.8 Å². The highest BCUT2D eigenvalue weighted by molar-refractivity contribution is 5.80. The van der Waals surface area contributed by atoms with Gasteiger partial charge in [-0.05, 0) is 77.0 Å². The van der Waals surface area contributed by atoms with E-state index in [1.807, 2.05) is 6.08 Å². The van der Waals surface area contributed by atoms with Crippen molar-refractivity contribution in [3.63, 3.8) is 0 Å². The van der Waals surface area contributed by atoms with Gasteiger partial charge >= 0.3 is 5.97 Å². The summed E-state index contributed by atoms with van der Waals surface area (Å²) in [6.45, 7) is 5.83. The summed E-state index contributed by atoms with van der Waals surface area (Å²) in [4.78, 5) is 26.7. The van der Waals surface area contributed by atoms with E-state index < -0.39 is 67.4 Å². The van der Waals surface area contributed by atoms with Gasteiger partial charge in [-0.1, -0.05) is 295 Å². The molecule has 1 aliphatic heterocycles. The Bertz CT molecular complexity index is 1470. The molecule has 0 spiro atoms. The summed E-state index contributed by atoms with van der Waals surface area (Å²) in [5.74, 6) is -1.18. The lowest BCUT2D eigenvalue weighted by molar-refractivity contribution is -0.305. The maximum atomic E-state index is 13.5. The molecule has 0 saturated carbocycles. The molecule has 8 atom stereocenters. The molecule has 82 heavy (non-hydrogen) atoms. The van der Waals surface area contributed by atoms with Crippen LogP contribution in [0.1, 0.15) is 342 Å². The van der Waals surface area contributed by atoms with Crippen molar-refractivity contribution in [2.45, 2.75) is 391 Å².